The summed E-state index contributed by atoms with van der Waals surface area (Å²) in [6.45, 7) is 1.29. The maximum absolute atomic E-state index is 5.38. The van der Waals surface area contributed by atoms with Crippen molar-refractivity contribution in [2.24, 2.45) is 4.99 Å². The molecule has 0 bridgehead atoms. The number of halogens is 1. The lowest BCUT2D eigenvalue weighted by Crippen LogP contribution is -2.36. The van der Waals surface area contributed by atoms with E-state index in [-0.39, 0.29) is 0 Å². The highest BCUT2D eigenvalue weighted by atomic mass is 79.9. The van der Waals surface area contributed by atoms with Crippen LogP contribution in [0.3, 0.4) is 0 Å². The third-order valence-corrected chi connectivity index (χ3v) is 5.16. The average Bonchev–Trinajstić information content (AvgIpc) is 3.06. The van der Waals surface area contributed by atoms with Crippen LogP contribution in [-0.2, 0) is 13.1 Å². The third-order valence-electron chi connectivity index (χ3n) is 3.46. The molecule has 2 aromatic rings. The number of rotatable bonds is 7. The number of nitrogens with one attached hydrogen (secondary N) is 2. The van der Waals surface area contributed by atoms with Crippen LogP contribution in [-0.4, -0.2) is 34.3 Å². The Morgan fingerprint density at radius 2 is 1.68 bits per heavy atom. The molecule has 0 saturated carbocycles. The van der Waals surface area contributed by atoms with Crippen molar-refractivity contribution in [1.82, 2.24) is 10.6 Å². The van der Waals surface area contributed by atoms with Gasteiger partial charge in [-0.2, -0.15) is 0 Å². The van der Waals surface area contributed by atoms with E-state index in [0.717, 1.165) is 16.0 Å². The predicted octanol–water partition coefficient (Wildman–Crippen LogP) is 3.40. The van der Waals surface area contributed by atoms with Gasteiger partial charge in [0.25, 0.3) is 0 Å². The molecule has 1 aromatic heterocycles. The van der Waals surface area contributed by atoms with Gasteiger partial charge in [-0.15, -0.1) is 11.3 Å². The Balaban J connectivity index is 2.01. The second-order valence-corrected chi connectivity index (χ2v) is 6.96. The van der Waals surface area contributed by atoms with E-state index in [1.165, 1.54) is 4.88 Å². The molecule has 0 amide bonds. The third kappa shape index (κ3) is 5.27. The summed E-state index contributed by atoms with van der Waals surface area (Å²) in [7, 11) is 6.55. The minimum atomic E-state index is 0.574. The molecule has 0 spiro atoms. The molecule has 0 aliphatic heterocycles. The second-order valence-electron chi connectivity index (χ2n) is 5.04. The smallest absolute Gasteiger partial charge is 0.203 e. The van der Waals surface area contributed by atoms with E-state index in [9.17, 15) is 0 Å². The molecule has 2 rings (SSSR count). The first kappa shape index (κ1) is 19.4. The molecule has 0 aliphatic rings. The van der Waals surface area contributed by atoms with Gasteiger partial charge in [0.05, 0.1) is 27.9 Å². The van der Waals surface area contributed by atoms with E-state index in [1.54, 1.807) is 39.7 Å². The lowest BCUT2D eigenvalue weighted by atomic mass is 10.2. The van der Waals surface area contributed by atoms with Crippen molar-refractivity contribution in [2.75, 3.05) is 28.4 Å². The van der Waals surface area contributed by atoms with Gasteiger partial charge >= 0.3 is 0 Å². The SMILES string of the molecule is CN=C(NCc1cc(OC)c(OC)c(OC)c1)NCc1cc(Br)cs1. The highest BCUT2D eigenvalue weighted by molar-refractivity contribution is 9.10. The Kier molecular flexibility index (Phi) is 7.39. The molecule has 6 nitrogen and oxygen atoms in total. The van der Waals surface area contributed by atoms with Crippen LogP contribution in [0.2, 0.25) is 0 Å². The molecule has 0 saturated heterocycles. The van der Waals surface area contributed by atoms with Crippen molar-refractivity contribution in [3.63, 3.8) is 0 Å². The zero-order valence-electron chi connectivity index (χ0n) is 14.7. The summed E-state index contributed by atoms with van der Waals surface area (Å²) in [5.74, 6) is 2.56. The van der Waals surface area contributed by atoms with Crippen molar-refractivity contribution in [3.05, 3.63) is 38.5 Å². The molecule has 2 N–H and O–H groups in total. The van der Waals surface area contributed by atoms with Crippen molar-refractivity contribution in [3.8, 4) is 17.2 Å². The number of aliphatic imine (C=N–C) groups is 1. The summed E-state index contributed by atoms with van der Waals surface area (Å²) in [5, 5.41) is 8.63. The fourth-order valence-electron chi connectivity index (χ4n) is 2.26. The minimum absolute atomic E-state index is 0.574. The van der Waals surface area contributed by atoms with Gasteiger partial charge < -0.3 is 24.8 Å². The molecule has 0 aliphatic carbocycles. The molecule has 0 unspecified atom stereocenters. The van der Waals surface area contributed by atoms with Crippen LogP contribution in [0.15, 0.2) is 33.0 Å². The largest absolute Gasteiger partial charge is 0.493 e. The van der Waals surface area contributed by atoms with E-state index in [0.29, 0.717) is 30.3 Å². The molecule has 0 radical (unpaired) electrons. The second kappa shape index (κ2) is 9.53. The lowest BCUT2D eigenvalue weighted by Gasteiger charge is -2.15. The number of nitrogens with zero attached hydrogens (tertiary/aromatic N) is 1. The van der Waals surface area contributed by atoms with E-state index in [2.05, 4.69) is 43.0 Å². The average molecular weight is 428 g/mol. The van der Waals surface area contributed by atoms with Gasteiger partial charge in [-0.25, -0.2) is 0 Å². The van der Waals surface area contributed by atoms with Gasteiger partial charge in [-0.1, -0.05) is 0 Å². The van der Waals surface area contributed by atoms with Crippen LogP contribution in [0.4, 0.5) is 0 Å². The fourth-order valence-corrected chi connectivity index (χ4v) is 3.65. The minimum Gasteiger partial charge on any atom is -0.493 e. The van der Waals surface area contributed by atoms with Crippen LogP contribution in [0.25, 0.3) is 0 Å². The predicted molar refractivity (Wildman–Crippen MR) is 105 cm³/mol. The molecule has 0 fully saturated rings. The van der Waals surface area contributed by atoms with E-state index >= 15 is 0 Å². The van der Waals surface area contributed by atoms with E-state index < -0.39 is 0 Å². The van der Waals surface area contributed by atoms with Crippen molar-refractivity contribution >= 4 is 33.2 Å². The quantitative estimate of drug-likeness (QED) is 0.523. The maximum atomic E-state index is 5.38. The summed E-state index contributed by atoms with van der Waals surface area (Å²) < 4.78 is 17.2. The van der Waals surface area contributed by atoms with Crippen LogP contribution < -0.4 is 24.8 Å². The fraction of sp³-hybridized carbons (Fsp3) is 0.353. The zero-order chi connectivity index (χ0) is 18.2. The van der Waals surface area contributed by atoms with E-state index in [1.807, 2.05) is 12.1 Å². The summed E-state index contributed by atoms with van der Waals surface area (Å²) in [6.07, 6.45) is 0. The van der Waals surface area contributed by atoms with Crippen LogP contribution in [0, 0.1) is 0 Å². The van der Waals surface area contributed by atoms with Gasteiger partial charge in [-0.05, 0) is 39.7 Å². The number of hydrogen-bond acceptors (Lipinski definition) is 5. The molecule has 136 valence electrons. The molecule has 1 heterocycles. The van der Waals surface area contributed by atoms with Gasteiger partial charge in [0.15, 0.2) is 17.5 Å². The number of benzene rings is 1. The number of methoxy groups -OCH3 is 3. The number of hydrogen-bond donors (Lipinski definition) is 2. The van der Waals surface area contributed by atoms with Gasteiger partial charge in [0.2, 0.25) is 5.75 Å². The monoisotopic (exact) mass is 427 g/mol. The summed E-state index contributed by atoms with van der Waals surface area (Å²) in [4.78, 5) is 5.47. The van der Waals surface area contributed by atoms with Crippen LogP contribution >= 0.6 is 27.3 Å². The lowest BCUT2D eigenvalue weighted by molar-refractivity contribution is 0.323. The van der Waals surface area contributed by atoms with Crippen molar-refractivity contribution < 1.29 is 14.2 Å². The normalized spacial score (nSPS) is 11.2. The standard InChI is InChI=1S/C17H22BrN3O3S/c1-19-17(21-9-13-7-12(18)10-25-13)20-8-11-5-14(22-2)16(24-4)15(6-11)23-3/h5-7,10H,8-9H2,1-4H3,(H2,19,20,21). The molecule has 0 atom stereocenters. The molecular weight excluding hydrogens is 406 g/mol. The first-order valence-electron chi connectivity index (χ1n) is 7.57. The molecule has 25 heavy (non-hydrogen) atoms. The summed E-state index contributed by atoms with van der Waals surface area (Å²) in [5.41, 5.74) is 0.997. The van der Waals surface area contributed by atoms with Crippen molar-refractivity contribution in [1.29, 1.82) is 0 Å². The van der Waals surface area contributed by atoms with Crippen LogP contribution in [0.5, 0.6) is 17.2 Å². The highest BCUT2D eigenvalue weighted by Crippen LogP contribution is 2.38. The van der Waals surface area contributed by atoms with E-state index in [4.69, 9.17) is 14.2 Å². The van der Waals surface area contributed by atoms with Gasteiger partial charge in [-0.3, -0.25) is 4.99 Å². The van der Waals surface area contributed by atoms with Gasteiger partial charge in [0.1, 0.15) is 0 Å². The highest BCUT2D eigenvalue weighted by Gasteiger charge is 2.13. The molecule has 8 heteroatoms. The number of guanidine groups is 1. The number of thiophene rings is 1. The number of ether oxygens (including phenoxy) is 3. The van der Waals surface area contributed by atoms with Gasteiger partial charge in [0, 0.05) is 28.3 Å². The van der Waals surface area contributed by atoms with Crippen molar-refractivity contribution in [2.45, 2.75) is 13.1 Å². The Hall–Kier alpha value is -1.93. The van der Waals surface area contributed by atoms with Crippen LogP contribution in [0.1, 0.15) is 10.4 Å². The molecular formula is C17H22BrN3O3S. The Bertz CT molecular complexity index is 709. The summed E-state index contributed by atoms with van der Waals surface area (Å²) in [6, 6.07) is 5.92. The first-order valence-corrected chi connectivity index (χ1v) is 9.24. The Morgan fingerprint density at radius 3 is 2.16 bits per heavy atom. The topological polar surface area (TPSA) is 64.1 Å². The zero-order valence-corrected chi connectivity index (χ0v) is 17.1. The first-order chi connectivity index (χ1) is 12.1. The summed E-state index contributed by atoms with van der Waals surface area (Å²) >= 11 is 5.15. The maximum Gasteiger partial charge on any atom is 0.203 e. The Morgan fingerprint density at radius 1 is 1.04 bits per heavy atom. The molecule has 1 aromatic carbocycles. The Labute approximate surface area is 160 Å².